The van der Waals surface area contributed by atoms with Gasteiger partial charge in [0.05, 0.1) is 12.6 Å². The minimum Gasteiger partial charge on any atom is -0.399 e. The molecule has 0 saturated carbocycles. The van der Waals surface area contributed by atoms with Crippen molar-refractivity contribution in [2.24, 2.45) is 5.92 Å². The van der Waals surface area contributed by atoms with Gasteiger partial charge in [-0.1, -0.05) is 6.92 Å². The van der Waals surface area contributed by atoms with E-state index in [1.807, 2.05) is 29.8 Å². The van der Waals surface area contributed by atoms with E-state index in [0.717, 1.165) is 48.6 Å². The molecule has 1 aliphatic heterocycles. The van der Waals surface area contributed by atoms with E-state index in [1.165, 1.54) is 0 Å². The predicted molar refractivity (Wildman–Crippen MR) is 80.5 cm³/mol. The van der Waals surface area contributed by atoms with Crippen LogP contribution in [0.2, 0.25) is 0 Å². The standard InChI is InChI=1S/C15H21N5O/c1-3-14-12(6-7-21-14)9-20-15(17-18-19-20)11-4-5-13(16)10(2)8-11/h4-5,8,12,14H,3,6-7,9,16H2,1-2H3. The van der Waals surface area contributed by atoms with E-state index in [4.69, 9.17) is 10.5 Å². The molecule has 6 heteroatoms. The van der Waals surface area contributed by atoms with Crippen molar-refractivity contribution in [2.75, 3.05) is 12.3 Å². The van der Waals surface area contributed by atoms with Crippen LogP contribution < -0.4 is 5.73 Å². The van der Waals surface area contributed by atoms with Gasteiger partial charge in [0.25, 0.3) is 0 Å². The van der Waals surface area contributed by atoms with Crippen molar-refractivity contribution < 1.29 is 4.74 Å². The molecule has 1 aliphatic rings. The molecule has 1 saturated heterocycles. The molecule has 0 aliphatic carbocycles. The van der Waals surface area contributed by atoms with Gasteiger partial charge in [-0.15, -0.1) is 5.10 Å². The number of hydrogen-bond acceptors (Lipinski definition) is 5. The van der Waals surface area contributed by atoms with Gasteiger partial charge in [0, 0.05) is 23.8 Å². The summed E-state index contributed by atoms with van der Waals surface area (Å²) in [5.74, 6) is 1.27. The smallest absolute Gasteiger partial charge is 0.182 e. The lowest BCUT2D eigenvalue weighted by molar-refractivity contribution is 0.0825. The minimum atomic E-state index is 0.315. The van der Waals surface area contributed by atoms with Gasteiger partial charge >= 0.3 is 0 Å². The Morgan fingerprint density at radius 2 is 2.29 bits per heavy atom. The lowest BCUT2D eigenvalue weighted by Gasteiger charge is -2.17. The van der Waals surface area contributed by atoms with Gasteiger partial charge in [0.15, 0.2) is 5.82 Å². The van der Waals surface area contributed by atoms with Gasteiger partial charge in [-0.25, -0.2) is 4.68 Å². The topological polar surface area (TPSA) is 78.8 Å². The van der Waals surface area contributed by atoms with Crippen LogP contribution in [-0.4, -0.2) is 32.9 Å². The van der Waals surface area contributed by atoms with E-state index < -0.39 is 0 Å². The molecule has 21 heavy (non-hydrogen) atoms. The molecule has 2 aromatic rings. The Labute approximate surface area is 124 Å². The molecule has 0 spiro atoms. The Bertz CT molecular complexity index is 624. The molecule has 0 radical (unpaired) electrons. The second kappa shape index (κ2) is 5.81. The van der Waals surface area contributed by atoms with Gasteiger partial charge in [0.1, 0.15) is 0 Å². The monoisotopic (exact) mass is 287 g/mol. The van der Waals surface area contributed by atoms with E-state index in [-0.39, 0.29) is 0 Å². The zero-order valence-corrected chi connectivity index (χ0v) is 12.5. The van der Waals surface area contributed by atoms with Crippen LogP contribution in [0.4, 0.5) is 5.69 Å². The number of nitrogens with zero attached hydrogens (tertiary/aromatic N) is 4. The van der Waals surface area contributed by atoms with Crippen molar-refractivity contribution in [3.8, 4) is 11.4 Å². The molecule has 2 unspecified atom stereocenters. The van der Waals surface area contributed by atoms with E-state index in [9.17, 15) is 0 Å². The first-order chi connectivity index (χ1) is 10.2. The molecule has 2 atom stereocenters. The quantitative estimate of drug-likeness (QED) is 0.871. The number of nitrogens with two attached hydrogens (primary N) is 1. The van der Waals surface area contributed by atoms with E-state index in [1.54, 1.807) is 0 Å². The maximum Gasteiger partial charge on any atom is 0.182 e. The van der Waals surface area contributed by atoms with E-state index >= 15 is 0 Å². The molecular weight excluding hydrogens is 266 g/mol. The highest BCUT2D eigenvalue weighted by Gasteiger charge is 2.28. The number of aryl methyl sites for hydroxylation is 1. The maximum atomic E-state index is 5.87. The van der Waals surface area contributed by atoms with Crippen LogP contribution in [0.25, 0.3) is 11.4 Å². The van der Waals surface area contributed by atoms with Crippen molar-refractivity contribution in [3.63, 3.8) is 0 Å². The van der Waals surface area contributed by atoms with Gasteiger partial charge in [-0.05, 0) is 54.0 Å². The van der Waals surface area contributed by atoms with Crippen LogP contribution in [0.3, 0.4) is 0 Å². The molecule has 1 aromatic heterocycles. The summed E-state index contributed by atoms with van der Waals surface area (Å²) in [7, 11) is 0. The molecule has 2 N–H and O–H groups in total. The van der Waals surface area contributed by atoms with Crippen LogP contribution in [0.1, 0.15) is 25.3 Å². The predicted octanol–water partition coefficient (Wildman–Crippen LogP) is 2.05. The Morgan fingerprint density at radius 3 is 3.05 bits per heavy atom. The Morgan fingerprint density at radius 1 is 1.43 bits per heavy atom. The molecule has 1 aromatic carbocycles. The van der Waals surface area contributed by atoms with Gasteiger partial charge in [-0.3, -0.25) is 0 Å². The van der Waals surface area contributed by atoms with Gasteiger partial charge in [0.2, 0.25) is 0 Å². The zero-order chi connectivity index (χ0) is 14.8. The van der Waals surface area contributed by atoms with E-state index in [0.29, 0.717) is 12.0 Å². The average molecular weight is 287 g/mol. The van der Waals surface area contributed by atoms with Gasteiger partial charge in [-0.2, -0.15) is 0 Å². The summed E-state index contributed by atoms with van der Waals surface area (Å²) in [6.07, 6.45) is 2.41. The number of nitrogen functional groups attached to an aromatic ring is 1. The molecular formula is C15H21N5O. The van der Waals surface area contributed by atoms with Crippen LogP contribution in [0, 0.1) is 12.8 Å². The minimum absolute atomic E-state index is 0.315. The summed E-state index contributed by atoms with van der Waals surface area (Å²) >= 11 is 0. The first-order valence-corrected chi connectivity index (χ1v) is 7.43. The molecule has 0 amide bonds. The fourth-order valence-electron chi connectivity index (χ4n) is 2.92. The molecule has 112 valence electrons. The normalized spacial score (nSPS) is 21.8. The maximum absolute atomic E-state index is 5.87. The van der Waals surface area contributed by atoms with E-state index in [2.05, 4.69) is 22.4 Å². The first kappa shape index (κ1) is 14.0. The first-order valence-electron chi connectivity index (χ1n) is 7.43. The third-order valence-electron chi connectivity index (χ3n) is 4.22. The lowest BCUT2D eigenvalue weighted by atomic mass is 9.99. The van der Waals surface area contributed by atoms with Crippen LogP contribution in [0.5, 0.6) is 0 Å². The largest absolute Gasteiger partial charge is 0.399 e. The van der Waals surface area contributed by atoms with Crippen molar-refractivity contribution in [3.05, 3.63) is 23.8 Å². The Balaban J connectivity index is 1.85. The number of rotatable bonds is 4. The number of aromatic nitrogens is 4. The molecule has 0 bridgehead atoms. The summed E-state index contributed by atoms with van der Waals surface area (Å²) < 4.78 is 7.63. The fourth-order valence-corrected chi connectivity index (χ4v) is 2.92. The Kier molecular flexibility index (Phi) is 3.88. The second-order valence-corrected chi connectivity index (χ2v) is 5.62. The summed E-state index contributed by atoms with van der Waals surface area (Å²) in [4.78, 5) is 0. The summed E-state index contributed by atoms with van der Waals surface area (Å²) in [6, 6.07) is 5.89. The molecule has 6 nitrogen and oxygen atoms in total. The highest BCUT2D eigenvalue weighted by molar-refractivity contribution is 5.61. The number of hydrogen-bond donors (Lipinski definition) is 1. The van der Waals surface area contributed by atoms with Crippen molar-refractivity contribution in [2.45, 2.75) is 39.3 Å². The SMILES string of the molecule is CCC1OCCC1Cn1nnnc1-c1ccc(N)c(C)c1. The number of benzene rings is 1. The average Bonchev–Trinajstić information content (AvgIpc) is 3.11. The Hall–Kier alpha value is -1.95. The van der Waals surface area contributed by atoms with Crippen LogP contribution in [0.15, 0.2) is 18.2 Å². The highest BCUT2D eigenvalue weighted by Crippen LogP contribution is 2.27. The highest BCUT2D eigenvalue weighted by atomic mass is 16.5. The number of anilines is 1. The summed E-state index contributed by atoms with van der Waals surface area (Å²) in [6.45, 7) is 5.78. The van der Waals surface area contributed by atoms with Crippen molar-refractivity contribution in [1.82, 2.24) is 20.2 Å². The van der Waals surface area contributed by atoms with Crippen molar-refractivity contribution in [1.29, 1.82) is 0 Å². The third-order valence-corrected chi connectivity index (χ3v) is 4.22. The van der Waals surface area contributed by atoms with Gasteiger partial charge < -0.3 is 10.5 Å². The third kappa shape index (κ3) is 2.76. The molecule has 2 heterocycles. The number of tetrazole rings is 1. The summed E-state index contributed by atoms with van der Waals surface area (Å²) in [5.41, 5.74) is 8.70. The second-order valence-electron chi connectivity index (χ2n) is 5.62. The molecule has 1 fully saturated rings. The lowest BCUT2D eigenvalue weighted by Crippen LogP contribution is -2.21. The summed E-state index contributed by atoms with van der Waals surface area (Å²) in [5, 5.41) is 12.2. The van der Waals surface area contributed by atoms with Crippen LogP contribution >= 0.6 is 0 Å². The van der Waals surface area contributed by atoms with Crippen molar-refractivity contribution >= 4 is 5.69 Å². The zero-order valence-electron chi connectivity index (χ0n) is 12.5. The number of ether oxygens (including phenoxy) is 1. The van der Waals surface area contributed by atoms with Crippen LogP contribution in [-0.2, 0) is 11.3 Å². The molecule has 3 rings (SSSR count). The fraction of sp³-hybridized carbons (Fsp3) is 0.533.